The van der Waals surface area contributed by atoms with Crippen molar-refractivity contribution in [2.24, 2.45) is 0 Å². The third-order valence-electron chi connectivity index (χ3n) is 5.13. The Kier molecular flexibility index (Phi) is 5.43. The van der Waals surface area contributed by atoms with Crippen molar-refractivity contribution >= 4 is 6.09 Å². The summed E-state index contributed by atoms with van der Waals surface area (Å²) >= 11 is 0. The van der Waals surface area contributed by atoms with Crippen molar-refractivity contribution in [3.8, 4) is 0 Å². The van der Waals surface area contributed by atoms with E-state index in [2.05, 4.69) is 15.0 Å². The highest BCUT2D eigenvalue weighted by Gasteiger charge is 2.39. The number of hydrogen-bond acceptors (Lipinski definition) is 5. The van der Waals surface area contributed by atoms with E-state index in [1.54, 1.807) is 12.1 Å². The zero-order valence-corrected chi connectivity index (χ0v) is 16.9. The predicted octanol–water partition coefficient (Wildman–Crippen LogP) is 3.67. The highest BCUT2D eigenvalue weighted by molar-refractivity contribution is 5.65. The van der Waals surface area contributed by atoms with Crippen LogP contribution in [0.1, 0.15) is 57.9 Å². The second-order valence-electron chi connectivity index (χ2n) is 8.49. The molecule has 1 aromatic heterocycles. The Bertz CT molecular complexity index is 831. The first-order valence-electron chi connectivity index (χ1n) is 9.42. The van der Waals surface area contributed by atoms with Crippen LogP contribution in [0.5, 0.6) is 0 Å². The van der Waals surface area contributed by atoms with Crippen molar-refractivity contribution in [1.82, 2.24) is 19.9 Å². The lowest BCUT2D eigenvalue weighted by molar-refractivity contribution is 0.0258. The molecule has 152 valence electrons. The van der Waals surface area contributed by atoms with Crippen LogP contribution in [0, 0.1) is 5.82 Å². The summed E-state index contributed by atoms with van der Waals surface area (Å²) in [4.78, 5) is 19.7. The minimum absolute atomic E-state index is 0.0704. The van der Waals surface area contributed by atoms with Gasteiger partial charge in [-0.1, -0.05) is 38.1 Å². The average molecular weight is 390 g/mol. The number of carbonyl (C=O) groups is 1. The molecule has 28 heavy (non-hydrogen) atoms. The zero-order chi connectivity index (χ0) is 20.6. The largest absolute Gasteiger partial charge is 0.465 e. The van der Waals surface area contributed by atoms with Crippen molar-refractivity contribution in [3.05, 3.63) is 47.4 Å². The van der Waals surface area contributed by atoms with Crippen LogP contribution in [-0.4, -0.2) is 56.3 Å². The van der Waals surface area contributed by atoms with E-state index >= 15 is 0 Å². The van der Waals surface area contributed by atoms with Crippen LogP contribution in [0.25, 0.3) is 0 Å². The van der Waals surface area contributed by atoms with Gasteiger partial charge in [-0.2, -0.15) is 4.98 Å². The third kappa shape index (κ3) is 4.01. The molecule has 3 rings (SSSR count). The number of rotatable bonds is 3. The molecule has 3 atom stereocenters. The molecule has 1 aliphatic rings. The standard InChI is InChI=1S/C20H27FN4O3/c1-12-11-25(19(26)27)13(2)10-24(12)16(14-6-8-15(21)9-7-14)17-22-18(28-23-17)20(3,4)5/h6-9,12-13,16H,10-11H2,1-5H3,(H,26,27)/t12-,13+,16?/m1/s1. The second-order valence-corrected chi connectivity index (χ2v) is 8.49. The molecule has 1 N–H and O–H groups in total. The average Bonchev–Trinajstić information content (AvgIpc) is 3.09. The number of amides is 1. The van der Waals surface area contributed by atoms with E-state index < -0.39 is 6.09 Å². The molecule has 0 radical (unpaired) electrons. The van der Waals surface area contributed by atoms with E-state index in [4.69, 9.17) is 4.52 Å². The van der Waals surface area contributed by atoms with Crippen molar-refractivity contribution in [2.45, 2.75) is 58.2 Å². The van der Waals surface area contributed by atoms with Crippen LogP contribution in [0.15, 0.2) is 28.8 Å². The predicted molar refractivity (Wildman–Crippen MR) is 102 cm³/mol. The Hall–Kier alpha value is -2.48. The maximum absolute atomic E-state index is 13.5. The van der Waals surface area contributed by atoms with E-state index in [9.17, 15) is 14.3 Å². The topological polar surface area (TPSA) is 82.7 Å². The van der Waals surface area contributed by atoms with E-state index in [1.807, 2.05) is 34.6 Å². The summed E-state index contributed by atoms with van der Waals surface area (Å²) < 4.78 is 19.0. The smallest absolute Gasteiger partial charge is 0.407 e. The number of hydrogen-bond donors (Lipinski definition) is 1. The second kappa shape index (κ2) is 7.50. The molecular formula is C20H27FN4O3. The number of carboxylic acid groups (broad SMARTS) is 1. The lowest BCUT2D eigenvalue weighted by Crippen LogP contribution is -2.58. The number of aromatic nitrogens is 2. The zero-order valence-electron chi connectivity index (χ0n) is 16.9. The summed E-state index contributed by atoms with van der Waals surface area (Å²) in [5.41, 5.74) is 0.546. The van der Waals surface area contributed by atoms with Gasteiger partial charge in [0.25, 0.3) is 0 Å². The maximum Gasteiger partial charge on any atom is 0.407 e. The molecule has 1 aliphatic heterocycles. The molecule has 2 heterocycles. The van der Waals surface area contributed by atoms with Crippen LogP contribution < -0.4 is 0 Å². The van der Waals surface area contributed by atoms with Crippen LogP contribution >= 0.6 is 0 Å². The molecule has 0 saturated carbocycles. The van der Waals surface area contributed by atoms with Gasteiger partial charge < -0.3 is 14.5 Å². The quantitative estimate of drug-likeness (QED) is 0.861. The highest BCUT2D eigenvalue weighted by atomic mass is 19.1. The lowest BCUT2D eigenvalue weighted by Gasteiger charge is -2.45. The summed E-state index contributed by atoms with van der Waals surface area (Å²) in [6.45, 7) is 10.7. The lowest BCUT2D eigenvalue weighted by atomic mass is 9.96. The number of halogens is 1. The number of nitrogens with zero attached hydrogens (tertiary/aromatic N) is 4. The van der Waals surface area contributed by atoms with Crippen molar-refractivity contribution < 1.29 is 18.8 Å². The SMILES string of the molecule is C[C@@H]1CN(C(=O)O)[C@@H](C)CN1C(c1ccc(F)cc1)c1noc(C(C)(C)C)n1. The van der Waals surface area contributed by atoms with Crippen LogP contribution in [0.4, 0.5) is 9.18 Å². The Balaban J connectivity index is 2.01. The number of piperazine rings is 1. The van der Waals surface area contributed by atoms with E-state index in [-0.39, 0.29) is 29.4 Å². The summed E-state index contributed by atoms with van der Waals surface area (Å²) in [7, 11) is 0. The molecule has 8 heteroatoms. The van der Waals surface area contributed by atoms with E-state index in [0.717, 1.165) is 5.56 Å². The Morgan fingerprint density at radius 2 is 1.86 bits per heavy atom. The molecule has 1 unspecified atom stereocenters. The fraction of sp³-hybridized carbons (Fsp3) is 0.550. The van der Waals surface area contributed by atoms with Crippen LogP contribution in [0.3, 0.4) is 0 Å². The monoisotopic (exact) mass is 390 g/mol. The normalized spacial score (nSPS) is 22.3. The van der Waals surface area contributed by atoms with Gasteiger partial charge >= 0.3 is 6.09 Å². The Morgan fingerprint density at radius 1 is 1.21 bits per heavy atom. The molecule has 0 spiro atoms. The summed E-state index contributed by atoms with van der Waals surface area (Å²) in [5.74, 6) is 0.710. The van der Waals surface area contributed by atoms with Crippen molar-refractivity contribution in [2.75, 3.05) is 13.1 Å². The first-order valence-corrected chi connectivity index (χ1v) is 9.42. The molecule has 2 aromatic rings. The van der Waals surface area contributed by atoms with Gasteiger partial charge in [-0.05, 0) is 31.5 Å². The fourth-order valence-corrected chi connectivity index (χ4v) is 3.56. The van der Waals surface area contributed by atoms with Crippen molar-refractivity contribution in [3.63, 3.8) is 0 Å². The highest BCUT2D eigenvalue weighted by Crippen LogP contribution is 2.33. The maximum atomic E-state index is 13.5. The number of benzene rings is 1. The molecular weight excluding hydrogens is 363 g/mol. The molecule has 1 amide bonds. The molecule has 0 aliphatic carbocycles. The van der Waals surface area contributed by atoms with Gasteiger partial charge in [-0.3, -0.25) is 4.90 Å². The Morgan fingerprint density at radius 3 is 2.39 bits per heavy atom. The molecule has 1 fully saturated rings. The fourth-order valence-electron chi connectivity index (χ4n) is 3.56. The van der Waals surface area contributed by atoms with Gasteiger partial charge in [-0.25, -0.2) is 9.18 Å². The molecule has 7 nitrogen and oxygen atoms in total. The van der Waals surface area contributed by atoms with Crippen LogP contribution in [0.2, 0.25) is 0 Å². The third-order valence-corrected chi connectivity index (χ3v) is 5.13. The van der Waals surface area contributed by atoms with Gasteiger partial charge in [0.05, 0.1) is 6.04 Å². The Labute approximate surface area is 164 Å². The van der Waals surface area contributed by atoms with E-state index in [1.165, 1.54) is 17.0 Å². The van der Waals surface area contributed by atoms with Gasteiger partial charge in [0.2, 0.25) is 5.89 Å². The minimum Gasteiger partial charge on any atom is -0.465 e. The molecule has 1 saturated heterocycles. The minimum atomic E-state index is -0.924. The summed E-state index contributed by atoms with van der Waals surface area (Å²) in [6, 6.07) is 5.64. The first-order chi connectivity index (χ1) is 13.1. The first kappa shape index (κ1) is 20.3. The molecule has 0 bridgehead atoms. The van der Waals surface area contributed by atoms with Gasteiger partial charge in [0, 0.05) is 30.6 Å². The van der Waals surface area contributed by atoms with E-state index in [0.29, 0.717) is 24.8 Å². The van der Waals surface area contributed by atoms with Gasteiger partial charge in [0.1, 0.15) is 5.82 Å². The van der Waals surface area contributed by atoms with Crippen LogP contribution in [-0.2, 0) is 5.41 Å². The summed E-state index contributed by atoms with van der Waals surface area (Å²) in [5, 5.41) is 13.7. The van der Waals surface area contributed by atoms with Gasteiger partial charge in [0.15, 0.2) is 5.82 Å². The van der Waals surface area contributed by atoms with Crippen molar-refractivity contribution in [1.29, 1.82) is 0 Å². The summed E-state index contributed by atoms with van der Waals surface area (Å²) in [6.07, 6.45) is -0.924. The van der Waals surface area contributed by atoms with Gasteiger partial charge in [-0.15, -0.1) is 0 Å². The molecule has 1 aromatic carbocycles.